The molecule has 0 unspecified atom stereocenters. The van der Waals surface area contributed by atoms with E-state index >= 15 is 0 Å². The molecule has 0 aliphatic carbocycles. The maximum atomic E-state index is 11.8. The second-order valence-corrected chi connectivity index (χ2v) is 4.31. The highest BCUT2D eigenvalue weighted by atomic mass is 16.4. The van der Waals surface area contributed by atoms with Gasteiger partial charge in [-0.3, -0.25) is 9.48 Å². The molecule has 0 saturated carbocycles. The van der Waals surface area contributed by atoms with Crippen LogP contribution in [0.3, 0.4) is 0 Å². The molecule has 0 atom stereocenters. The molecule has 20 heavy (non-hydrogen) atoms. The highest BCUT2D eigenvalue weighted by Gasteiger charge is 2.11. The molecule has 104 valence electrons. The molecule has 2 aromatic rings. The summed E-state index contributed by atoms with van der Waals surface area (Å²) in [6, 6.07) is 8.40. The number of nitrogens with zero attached hydrogens (tertiary/aromatic N) is 2. The van der Waals surface area contributed by atoms with Crippen LogP contribution in [0.4, 0.5) is 0 Å². The zero-order valence-electron chi connectivity index (χ0n) is 11.0. The van der Waals surface area contributed by atoms with Crippen molar-refractivity contribution in [2.75, 3.05) is 6.54 Å². The van der Waals surface area contributed by atoms with Crippen LogP contribution in [0.1, 0.15) is 26.4 Å². The van der Waals surface area contributed by atoms with E-state index in [4.69, 9.17) is 5.11 Å². The molecule has 0 spiro atoms. The minimum absolute atomic E-state index is 0.224. The van der Waals surface area contributed by atoms with Gasteiger partial charge in [0.25, 0.3) is 5.91 Å². The minimum Gasteiger partial charge on any atom is -0.478 e. The van der Waals surface area contributed by atoms with Crippen LogP contribution in [0.2, 0.25) is 0 Å². The van der Waals surface area contributed by atoms with Gasteiger partial charge in [-0.15, -0.1) is 0 Å². The summed E-state index contributed by atoms with van der Waals surface area (Å²) in [5.74, 6) is -1.18. The zero-order valence-corrected chi connectivity index (χ0v) is 11.0. The predicted molar refractivity (Wildman–Crippen MR) is 72.6 cm³/mol. The van der Waals surface area contributed by atoms with Crippen molar-refractivity contribution in [2.45, 2.75) is 6.42 Å². The number of carboxylic acid groups (broad SMARTS) is 1. The first-order valence-electron chi connectivity index (χ1n) is 6.17. The third-order valence-electron chi connectivity index (χ3n) is 2.98. The van der Waals surface area contributed by atoms with Crippen LogP contribution >= 0.6 is 0 Å². The Labute approximate surface area is 116 Å². The van der Waals surface area contributed by atoms with Gasteiger partial charge >= 0.3 is 5.97 Å². The molecule has 1 amide bonds. The summed E-state index contributed by atoms with van der Waals surface area (Å²) in [4.78, 5) is 22.9. The molecule has 1 aromatic carbocycles. The number of hydrogen-bond donors (Lipinski definition) is 2. The number of nitrogens with one attached hydrogen (secondary N) is 1. The lowest BCUT2D eigenvalue weighted by molar-refractivity contribution is 0.0695. The van der Waals surface area contributed by atoms with Crippen LogP contribution in [-0.2, 0) is 13.5 Å². The Bertz CT molecular complexity index is 634. The van der Waals surface area contributed by atoms with Crippen molar-refractivity contribution in [1.29, 1.82) is 0 Å². The lowest BCUT2D eigenvalue weighted by Crippen LogP contribution is -2.27. The molecule has 0 saturated heterocycles. The van der Waals surface area contributed by atoms with Crippen molar-refractivity contribution in [3.8, 4) is 0 Å². The van der Waals surface area contributed by atoms with Gasteiger partial charge in [0, 0.05) is 19.8 Å². The monoisotopic (exact) mass is 273 g/mol. The fraction of sp³-hybridized carbons (Fsp3) is 0.214. The van der Waals surface area contributed by atoms with Crippen molar-refractivity contribution >= 4 is 11.9 Å². The van der Waals surface area contributed by atoms with E-state index in [0.29, 0.717) is 24.2 Å². The van der Waals surface area contributed by atoms with Crippen molar-refractivity contribution in [3.05, 3.63) is 53.3 Å². The molecular weight excluding hydrogens is 258 g/mol. The molecule has 0 fully saturated rings. The van der Waals surface area contributed by atoms with Crippen molar-refractivity contribution in [2.24, 2.45) is 7.05 Å². The number of rotatable bonds is 5. The number of aryl methyl sites for hydroxylation is 1. The molecule has 1 heterocycles. The van der Waals surface area contributed by atoms with Crippen LogP contribution in [0.15, 0.2) is 36.5 Å². The lowest BCUT2D eigenvalue weighted by atomic mass is 10.0. The van der Waals surface area contributed by atoms with E-state index < -0.39 is 5.97 Å². The van der Waals surface area contributed by atoms with Crippen molar-refractivity contribution in [1.82, 2.24) is 15.1 Å². The summed E-state index contributed by atoms with van der Waals surface area (Å²) in [5.41, 5.74) is 1.43. The summed E-state index contributed by atoms with van der Waals surface area (Å²) in [6.45, 7) is 0.369. The van der Waals surface area contributed by atoms with Crippen LogP contribution in [-0.4, -0.2) is 33.3 Å². The smallest absolute Gasteiger partial charge is 0.335 e. The first kappa shape index (κ1) is 13.8. The van der Waals surface area contributed by atoms with Crippen LogP contribution in [0.25, 0.3) is 0 Å². The van der Waals surface area contributed by atoms with E-state index in [0.717, 1.165) is 0 Å². The quantitative estimate of drug-likeness (QED) is 0.854. The van der Waals surface area contributed by atoms with Gasteiger partial charge in [0.05, 0.1) is 5.56 Å². The number of aromatic nitrogens is 2. The number of carboxylic acids is 1. The molecule has 2 rings (SSSR count). The van der Waals surface area contributed by atoms with Gasteiger partial charge in [0.2, 0.25) is 0 Å². The first-order chi connectivity index (χ1) is 9.59. The van der Waals surface area contributed by atoms with Crippen LogP contribution in [0, 0.1) is 0 Å². The van der Waals surface area contributed by atoms with Crippen molar-refractivity contribution in [3.63, 3.8) is 0 Å². The number of carbonyl (C=O) groups is 2. The summed E-state index contributed by atoms with van der Waals surface area (Å²) in [7, 11) is 1.69. The summed E-state index contributed by atoms with van der Waals surface area (Å²) < 4.78 is 1.49. The van der Waals surface area contributed by atoms with Gasteiger partial charge in [0.1, 0.15) is 5.69 Å². The van der Waals surface area contributed by atoms with Crippen LogP contribution in [0.5, 0.6) is 0 Å². The average molecular weight is 273 g/mol. The SMILES string of the molecule is Cn1nccc1C(=O)NCCc1ccccc1C(=O)O. The molecule has 0 bridgehead atoms. The number of amides is 1. The zero-order chi connectivity index (χ0) is 14.5. The lowest BCUT2D eigenvalue weighted by Gasteiger charge is -2.07. The fourth-order valence-electron chi connectivity index (χ4n) is 1.94. The maximum absolute atomic E-state index is 11.8. The third-order valence-corrected chi connectivity index (χ3v) is 2.98. The summed E-state index contributed by atoms with van der Waals surface area (Å²) in [5, 5.41) is 15.7. The topological polar surface area (TPSA) is 84.2 Å². The highest BCUT2D eigenvalue weighted by Crippen LogP contribution is 2.09. The van der Waals surface area contributed by atoms with E-state index in [1.165, 1.54) is 4.68 Å². The second-order valence-electron chi connectivity index (χ2n) is 4.31. The van der Waals surface area contributed by atoms with Gasteiger partial charge < -0.3 is 10.4 Å². The average Bonchev–Trinajstić information content (AvgIpc) is 2.85. The number of benzene rings is 1. The Morgan fingerprint density at radius 2 is 2.05 bits per heavy atom. The Kier molecular flexibility index (Phi) is 4.14. The molecule has 0 aliphatic heterocycles. The standard InChI is InChI=1S/C14H15N3O3/c1-17-12(7-9-16-17)13(18)15-8-6-10-4-2-3-5-11(10)14(19)20/h2-5,7,9H,6,8H2,1H3,(H,15,18)(H,19,20). The molecule has 0 aliphatic rings. The Hall–Kier alpha value is -2.63. The molecular formula is C14H15N3O3. The van der Waals surface area contributed by atoms with E-state index in [1.807, 2.05) is 0 Å². The van der Waals surface area contributed by atoms with E-state index in [1.54, 1.807) is 43.6 Å². The second kappa shape index (κ2) is 6.01. The van der Waals surface area contributed by atoms with Crippen LogP contribution < -0.4 is 5.32 Å². The molecule has 0 radical (unpaired) electrons. The van der Waals surface area contributed by atoms with Gasteiger partial charge in [-0.25, -0.2) is 4.79 Å². The highest BCUT2D eigenvalue weighted by molar-refractivity contribution is 5.92. The van der Waals surface area contributed by atoms with E-state index in [-0.39, 0.29) is 11.5 Å². The van der Waals surface area contributed by atoms with Gasteiger partial charge in [0.15, 0.2) is 0 Å². The largest absolute Gasteiger partial charge is 0.478 e. The van der Waals surface area contributed by atoms with Gasteiger partial charge in [-0.05, 0) is 24.1 Å². The third kappa shape index (κ3) is 3.03. The molecule has 2 N–H and O–H groups in total. The molecule has 6 heteroatoms. The number of carbonyl (C=O) groups excluding carboxylic acids is 1. The summed E-state index contributed by atoms with van der Waals surface area (Å²) >= 11 is 0. The predicted octanol–water partition coefficient (Wildman–Crippen LogP) is 1.09. The Morgan fingerprint density at radius 3 is 2.70 bits per heavy atom. The molecule has 1 aromatic heterocycles. The maximum Gasteiger partial charge on any atom is 0.335 e. The normalized spacial score (nSPS) is 10.2. The van der Waals surface area contributed by atoms with E-state index in [9.17, 15) is 9.59 Å². The van der Waals surface area contributed by atoms with Gasteiger partial charge in [-0.2, -0.15) is 5.10 Å². The van der Waals surface area contributed by atoms with E-state index in [2.05, 4.69) is 10.4 Å². The Morgan fingerprint density at radius 1 is 1.30 bits per heavy atom. The fourth-order valence-corrected chi connectivity index (χ4v) is 1.94. The number of hydrogen-bond acceptors (Lipinski definition) is 3. The number of aromatic carboxylic acids is 1. The van der Waals surface area contributed by atoms with Gasteiger partial charge in [-0.1, -0.05) is 18.2 Å². The summed E-state index contributed by atoms with van der Waals surface area (Å²) in [6.07, 6.45) is 2.01. The van der Waals surface area contributed by atoms with Crippen molar-refractivity contribution < 1.29 is 14.7 Å². The first-order valence-corrected chi connectivity index (χ1v) is 6.17. The molecule has 6 nitrogen and oxygen atoms in total. The minimum atomic E-state index is -0.960. The Balaban J connectivity index is 1.95.